The summed E-state index contributed by atoms with van der Waals surface area (Å²) in [4.78, 5) is 13.2. The van der Waals surface area contributed by atoms with Crippen LogP contribution in [0.1, 0.15) is 25.0 Å². The molecule has 3 aromatic carbocycles. The van der Waals surface area contributed by atoms with E-state index in [1.165, 1.54) is 0 Å². The van der Waals surface area contributed by atoms with Crippen LogP contribution >= 0.6 is 0 Å². The van der Waals surface area contributed by atoms with Gasteiger partial charge in [0.2, 0.25) is 0 Å². The third-order valence-electron chi connectivity index (χ3n) is 5.40. The lowest BCUT2D eigenvalue weighted by Gasteiger charge is -2.22. The molecule has 0 saturated heterocycles. The molecule has 136 valence electrons. The highest BCUT2D eigenvalue weighted by Gasteiger charge is 2.60. The lowest BCUT2D eigenvalue weighted by atomic mass is 9.83. The van der Waals surface area contributed by atoms with Gasteiger partial charge in [-0.15, -0.1) is 0 Å². The number of methoxy groups -OCH3 is 1. The van der Waals surface area contributed by atoms with Crippen LogP contribution in [0.3, 0.4) is 0 Å². The highest BCUT2D eigenvalue weighted by molar-refractivity contribution is 6.17. The van der Waals surface area contributed by atoms with Gasteiger partial charge in [0, 0.05) is 5.39 Å². The summed E-state index contributed by atoms with van der Waals surface area (Å²) < 4.78 is 11.1. The molecule has 0 spiro atoms. The molecule has 0 aromatic heterocycles. The van der Waals surface area contributed by atoms with Crippen molar-refractivity contribution in [3.8, 4) is 5.75 Å². The average molecular weight is 358 g/mol. The first-order chi connectivity index (χ1) is 13.2. The Balaban J connectivity index is 1.96. The maximum absolute atomic E-state index is 13.2. The van der Waals surface area contributed by atoms with Crippen molar-refractivity contribution in [3.63, 3.8) is 0 Å². The molecule has 3 nitrogen and oxygen atoms in total. The summed E-state index contributed by atoms with van der Waals surface area (Å²) in [5, 5.41) is 2.00. The van der Waals surface area contributed by atoms with Gasteiger partial charge in [-0.3, -0.25) is 4.79 Å². The van der Waals surface area contributed by atoms with E-state index in [9.17, 15) is 4.79 Å². The molecule has 3 aromatic rings. The number of benzene rings is 3. The first kappa shape index (κ1) is 17.3. The second kappa shape index (κ2) is 6.58. The number of esters is 1. The minimum atomic E-state index is -0.830. The quantitative estimate of drug-likeness (QED) is 0.593. The lowest BCUT2D eigenvalue weighted by molar-refractivity contribution is -0.145. The van der Waals surface area contributed by atoms with Crippen LogP contribution < -0.4 is 4.74 Å². The largest absolute Gasteiger partial charge is 0.496 e. The fourth-order valence-electron chi connectivity index (χ4n) is 4.16. The molecule has 1 aliphatic carbocycles. The highest BCUT2D eigenvalue weighted by atomic mass is 16.5. The molecule has 0 N–H and O–H groups in total. The van der Waals surface area contributed by atoms with Crippen molar-refractivity contribution in [2.45, 2.75) is 19.3 Å². The third-order valence-corrected chi connectivity index (χ3v) is 5.40. The Morgan fingerprint density at radius 1 is 0.926 bits per heavy atom. The molecule has 0 bridgehead atoms. The summed E-state index contributed by atoms with van der Waals surface area (Å²) in [6.07, 6.45) is 0. The van der Waals surface area contributed by atoms with Crippen molar-refractivity contribution in [2.75, 3.05) is 13.7 Å². The van der Waals surface area contributed by atoms with Crippen LogP contribution in [0.25, 0.3) is 16.3 Å². The molecule has 0 radical (unpaired) electrons. The SMILES string of the molecule is CCOC(=O)C1(c2ccc(OC)c3ccccc23)C(C)=C1c1ccccc1. The number of ether oxygens (including phenoxy) is 2. The van der Waals surface area contributed by atoms with Gasteiger partial charge >= 0.3 is 5.97 Å². The van der Waals surface area contributed by atoms with E-state index in [0.717, 1.165) is 38.8 Å². The van der Waals surface area contributed by atoms with E-state index in [1.807, 2.05) is 80.6 Å². The smallest absolute Gasteiger partial charge is 0.325 e. The topological polar surface area (TPSA) is 35.5 Å². The van der Waals surface area contributed by atoms with E-state index in [0.29, 0.717) is 6.61 Å². The molecule has 4 rings (SSSR count). The van der Waals surface area contributed by atoms with Crippen LogP contribution in [-0.2, 0) is 14.9 Å². The van der Waals surface area contributed by atoms with Gasteiger partial charge in [0.05, 0.1) is 13.7 Å². The number of carbonyl (C=O) groups is 1. The van der Waals surface area contributed by atoms with Crippen molar-refractivity contribution in [1.82, 2.24) is 0 Å². The Labute approximate surface area is 159 Å². The first-order valence-electron chi connectivity index (χ1n) is 9.17. The molecule has 1 aliphatic rings. The Bertz CT molecular complexity index is 1050. The van der Waals surface area contributed by atoms with Crippen LogP contribution in [0.2, 0.25) is 0 Å². The molecule has 1 atom stereocenters. The molecule has 0 amide bonds. The molecule has 0 fully saturated rings. The van der Waals surface area contributed by atoms with E-state index >= 15 is 0 Å². The standard InChI is InChI=1S/C24H22O3/c1-4-27-23(25)24(16(2)22(24)17-10-6-5-7-11-17)20-14-15-21(26-3)19-13-9-8-12-18(19)20/h5-15H,4H2,1-3H3. The van der Waals surface area contributed by atoms with Crippen LogP contribution in [0, 0.1) is 0 Å². The summed E-state index contributed by atoms with van der Waals surface area (Å²) in [5.41, 5.74) is 3.26. The van der Waals surface area contributed by atoms with Crippen molar-refractivity contribution in [3.05, 3.63) is 83.4 Å². The van der Waals surface area contributed by atoms with Crippen molar-refractivity contribution < 1.29 is 14.3 Å². The number of rotatable bonds is 5. The summed E-state index contributed by atoms with van der Waals surface area (Å²) in [5.74, 6) is 0.588. The monoisotopic (exact) mass is 358 g/mol. The zero-order valence-corrected chi connectivity index (χ0v) is 15.8. The van der Waals surface area contributed by atoms with Gasteiger partial charge in [-0.1, -0.05) is 60.7 Å². The Kier molecular flexibility index (Phi) is 4.23. The van der Waals surface area contributed by atoms with E-state index in [2.05, 4.69) is 0 Å². The molecule has 27 heavy (non-hydrogen) atoms. The van der Waals surface area contributed by atoms with Gasteiger partial charge in [0.25, 0.3) is 0 Å². The number of carbonyl (C=O) groups excluding carboxylic acids is 1. The van der Waals surface area contributed by atoms with Gasteiger partial charge in [-0.25, -0.2) is 0 Å². The van der Waals surface area contributed by atoms with Crippen LogP contribution in [0.15, 0.2) is 72.3 Å². The van der Waals surface area contributed by atoms with Crippen LogP contribution in [-0.4, -0.2) is 19.7 Å². The Hall–Kier alpha value is -3.07. The third kappa shape index (κ3) is 2.46. The van der Waals surface area contributed by atoms with Crippen LogP contribution in [0.4, 0.5) is 0 Å². The highest BCUT2D eigenvalue weighted by Crippen LogP contribution is 2.61. The van der Waals surface area contributed by atoms with E-state index in [4.69, 9.17) is 9.47 Å². The maximum Gasteiger partial charge on any atom is 0.325 e. The predicted molar refractivity (Wildman–Crippen MR) is 108 cm³/mol. The summed E-state index contributed by atoms with van der Waals surface area (Å²) in [6.45, 7) is 4.22. The number of fused-ring (bicyclic) bond motifs is 1. The first-order valence-corrected chi connectivity index (χ1v) is 9.17. The fraction of sp³-hybridized carbons (Fsp3) is 0.208. The Morgan fingerprint density at radius 3 is 2.26 bits per heavy atom. The van der Waals surface area contributed by atoms with Gasteiger partial charge in [0.1, 0.15) is 11.2 Å². The minimum Gasteiger partial charge on any atom is -0.496 e. The number of hydrogen-bond acceptors (Lipinski definition) is 3. The van der Waals surface area contributed by atoms with Crippen LogP contribution in [0.5, 0.6) is 5.75 Å². The van der Waals surface area contributed by atoms with Gasteiger partial charge < -0.3 is 9.47 Å². The second-order valence-electron chi connectivity index (χ2n) is 6.70. The second-order valence-corrected chi connectivity index (χ2v) is 6.70. The van der Waals surface area contributed by atoms with E-state index in [1.54, 1.807) is 7.11 Å². The normalized spacial score (nSPS) is 18.5. The molecule has 0 heterocycles. The summed E-state index contributed by atoms with van der Waals surface area (Å²) >= 11 is 0. The number of hydrogen-bond donors (Lipinski definition) is 0. The Morgan fingerprint density at radius 2 is 1.59 bits per heavy atom. The molecular formula is C24H22O3. The van der Waals surface area contributed by atoms with Gasteiger partial charge in [-0.05, 0) is 47.6 Å². The zero-order valence-electron chi connectivity index (χ0n) is 15.8. The van der Waals surface area contributed by atoms with Gasteiger partial charge in [-0.2, -0.15) is 0 Å². The van der Waals surface area contributed by atoms with Crippen molar-refractivity contribution in [2.24, 2.45) is 0 Å². The lowest BCUT2D eigenvalue weighted by Crippen LogP contribution is -2.28. The maximum atomic E-state index is 13.2. The predicted octanol–water partition coefficient (Wildman–Crippen LogP) is 5.14. The molecule has 3 heteroatoms. The average Bonchev–Trinajstić information content (AvgIpc) is 3.34. The fourth-order valence-corrected chi connectivity index (χ4v) is 4.16. The summed E-state index contributed by atoms with van der Waals surface area (Å²) in [7, 11) is 1.67. The van der Waals surface area contributed by atoms with Crippen molar-refractivity contribution >= 4 is 22.3 Å². The zero-order chi connectivity index (χ0) is 19.0. The van der Waals surface area contributed by atoms with Gasteiger partial charge in [0.15, 0.2) is 0 Å². The minimum absolute atomic E-state index is 0.211. The molecular weight excluding hydrogens is 336 g/mol. The molecule has 1 unspecified atom stereocenters. The summed E-state index contributed by atoms with van der Waals surface area (Å²) in [6, 6.07) is 22.0. The van der Waals surface area contributed by atoms with Crippen molar-refractivity contribution in [1.29, 1.82) is 0 Å². The molecule has 0 saturated carbocycles. The van der Waals surface area contributed by atoms with E-state index < -0.39 is 5.41 Å². The molecule has 0 aliphatic heterocycles. The van der Waals surface area contributed by atoms with E-state index in [-0.39, 0.29) is 5.97 Å².